The molecular formula is C17H16N4OS. The maximum Gasteiger partial charge on any atom is 0.216 e. The van der Waals surface area contributed by atoms with E-state index in [0.717, 1.165) is 17.0 Å². The maximum atomic E-state index is 9.73. The summed E-state index contributed by atoms with van der Waals surface area (Å²) in [5.74, 6) is 0.112. The number of aromatic amines is 1. The third-order valence-corrected chi connectivity index (χ3v) is 3.87. The molecule has 4 aromatic rings. The van der Waals surface area contributed by atoms with Crippen LogP contribution in [0.2, 0.25) is 0 Å². The summed E-state index contributed by atoms with van der Waals surface area (Å²) < 4.78 is 1.45. The summed E-state index contributed by atoms with van der Waals surface area (Å²) in [6, 6.07) is 15.4. The van der Waals surface area contributed by atoms with E-state index in [1.165, 1.54) is 16.0 Å². The van der Waals surface area contributed by atoms with E-state index in [4.69, 9.17) is 0 Å². The molecule has 2 N–H and O–H groups in total. The monoisotopic (exact) mass is 324 g/mol. The van der Waals surface area contributed by atoms with Gasteiger partial charge in [0, 0.05) is 29.4 Å². The molecule has 0 aliphatic rings. The molecule has 0 unspecified atom stereocenters. The number of aromatic hydroxyl groups is 1. The normalized spacial score (nSPS) is 10.1. The Morgan fingerprint density at radius 1 is 1.09 bits per heavy atom. The Hall–Kier alpha value is -2.86. The summed E-state index contributed by atoms with van der Waals surface area (Å²) in [6.45, 7) is 1.84. The van der Waals surface area contributed by atoms with Gasteiger partial charge in [0.25, 0.3) is 0 Å². The average Bonchev–Trinajstić information content (AvgIpc) is 3.30. The molecule has 0 aliphatic carbocycles. The predicted octanol–water partition coefficient (Wildman–Crippen LogP) is 4.02. The lowest BCUT2D eigenvalue weighted by molar-refractivity contribution is 0.433. The highest BCUT2D eigenvalue weighted by atomic mass is 32.1. The Morgan fingerprint density at radius 3 is 2.39 bits per heavy atom. The SMILES string of the molecule is Cc1cc(O)n(-c2nc(-c3ccccc3)cs2)n1.c1cc[nH]c1. The number of aryl methyl sites for hydroxylation is 1. The number of nitrogens with one attached hydrogen (secondary N) is 1. The van der Waals surface area contributed by atoms with Gasteiger partial charge in [0.05, 0.1) is 11.4 Å². The van der Waals surface area contributed by atoms with E-state index in [2.05, 4.69) is 15.1 Å². The van der Waals surface area contributed by atoms with Crippen LogP contribution >= 0.6 is 11.3 Å². The molecule has 0 amide bonds. The highest BCUT2D eigenvalue weighted by molar-refractivity contribution is 7.12. The van der Waals surface area contributed by atoms with Gasteiger partial charge in [0.15, 0.2) is 0 Å². The number of aromatic nitrogens is 4. The molecule has 0 atom stereocenters. The fraction of sp³-hybridized carbons (Fsp3) is 0.0588. The van der Waals surface area contributed by atoms with E-state index in [1.807, 2.05) is 67.2 Å². The Kier molecular flexibility index (Phi) is 4.54. The van der Waals surface area contributed by atoms with Crippen molar-refractivity contribution in [3.05, 3.63) is 72.0 Å². The van der Waals surface area contributed by atoms with Gasteiger partial charge < -0.3 is 10.1 Å². The van der Waals surface area contributed by atoms with Crippen LogP contribution in [0.1, 0.15) is 5.69 Å². The molecule has 5 nitrogen and oxygen atoms in total. The molecule has 0 fully saturated rings. The van der Waals surface area contributed by atoms with Gasteiger partial charge in [0.1, 0.15) is 0 Å². The summed E-state index contributed by atoms with van der Waals surface area (Å²) in [5.41, 5.74) is 2.72. The minimum Gasteiger partial charge on any atom is -0.493 e. The van der Waals surface area contributed by atoms with E-state index < -0.39 is 0 Å². The van der Waals surface area contributed by atoms with Crippen LogP contribution < -0.4 is 0 Å². The molecule has 0 radical (unpaired) electrons. The highest BCUT2D eigenvalue weighted by Crippen LogP contribution is 2.26. The number of nitrogens with zero attached hydrogens (tertiary/aromatic N) is 3. The number of H-pyrrole nitrogens is 1. The first-order valence-electron chi connectivity index (χ1n) is 7.09. The first-order valence-corrected chi connectivity index (χ1v) is 7.97. The minimum atomic E-state index is 0.112. The number of thiazole rings is 1. The zero-order chi connectivity index (χ0) is 16.1. The lowest BCUT2D eigenvalue weighted by atomic mass is 10.2. The van der Waals surface area contributed by atoms with Crippen molar-refractivity contribution in [2.24, 2.45) is 0 Å². The molecule has 0 saturated heterocycles. The summed E-state index contributed by atoms with van der Waals surface area (Å²) >= 11 is 1.45. The Balaban J connectivity index is 0.000000267. The molecule has 0 bridgehead atoms. The topological polar surface area (TPSA) is 66.7 Å². The summed E-state index contributed by atoms with van der Waals surface area (Å²) in [6.07, 6.45) is 3.75. The molecule has 1 aromatic carbocycles. The molecule has 0 aliphatic heterocycles. The van der Waals surface area contributed by atoms with Crippen LogP contribution in [0.3, 0.4) is 0 Å². The molecule has 116 valence electrons. The smallest absolute Gasteiger partial charge is 0.216 e. The molecule has 3 heterocycles. The molecular weight excluding hydrogens is 308 g/mol. The van der Waals surface area contributed by atoms with Gasteiger partial charge in [0.2, 0.25) is 11.0 Å². The largest absolute Gasteiger partial charge is 0.493 e. The lowest BCUT2D eigenvalue weighted by Crippen LogP contribution is -1.95. The second-order valence-corrected chi connectivity index (χ2v) is 5.66. The number of rotatable bonds is 2. The Labute approximate surface area is 137 Å². The van der Waals surface area contributed by atoms with Crippen LogP contribution in [0.15, 0.2) is 66.3 Å². The van der Waals surface area contributed by atoms with Crippen LogP contribution in [0, 0.1) is 6.92 Å². The minimum absolute atomic E-state index is 0.112. The number of benzene rings is 1. The molecule has 0 spiro atoms. The van der Waals surface area contributed by atoms with Crippen molar-refractivity contribution in [1.82, 2.24) is 19.7 Å². The fourth-order valence-corrected chi connectivity index (χ4v) is 2.80. The van der Waals surface area contributed by atoms with Crippen molar-refractivity contribution >= 4 is 11.3 Å². The van der Waals surface area contributed by atoms with Crippen molar-refractivity contribution in [1.29, 1.82) is 0 Å². The van der Waals surface area contributed by atoms with Crippen molar-refractivity contribution in [2.45, 2.75) is 6.92 Å². The Morgan fingerprint density at radius 2 is 1.83 bits per heavy atom. The molecule has 23 heavy (non-hydrogen) atoms. The van der Waals surface area contributed by atoms with Gasteiger partial charge in [-0.3, -0.25) is 0 Å². The van der Waals surface area contributed by atoms with Gasteiger partial charge in [-0.05, 0) is 19.1 Å². The highest BCUT2D eigenvalue weighted by Gasteiger charge is 2.10. The second kappa shape index (κ2) is 6.93. The molecule has 0 saturated carbocycles. The predicted molar refractivity (Wildman–Crippen MR) is 91.9 cm³/mol. The standard InChI is InChI=1S/C13H11N3OS.C4H5N/c1-9-7-12(17)16(15-9)13-14-11(8-18-13)10-5-3-2-4-6-10;1-2-4-5-3-1/h2-8,17H,1H3;1-5H. The second-order valence-electron chi connectivity index (χ2n) is 4.82. The Bertz CT molecular complexity index is 833. The van der Waals surface area contributed by atoms with Crippen molar-refractivity contribution in [2.75, 3.05) is 0 Å². The van der Waals surface area contributed by atoms with Crippen molar-refractivity contribution in [3.8, 4) is 22.3 Å². The van der Waals surface area contributed by atoms with E-state index >= 15 is 0 Å². The van der Waals surface area contributed by atoms with Crippen LogP contribution in [0.5, 0.6) is 5.88 Å². The van der Waals surface area contributed by atoms with E-state index in [0.29, 0.717) is 5.13 Å². The van der Waals surface area contributed by atoms with Crippen LogP contribution in [0.4, 0.5) is 0 Å². The number of hydrogen-bond donors (Lipinski definition) is 2. The van der Waals surface area contributed by atoms with Gasteiger partial charge in [-0.1, -0.05) is 30.3 Å². The van der Waals surface area contributed by atoms with Crippen LogP contribution in [-0.4, -0.2) is 24.9 Å². The summed E-state index contributed by atoms with van der Waals surface area (Å²) in [5, 5.41) is 16.6. The average molecular weight is 324 g/mol. The van der Waals surface area contributed by atoms with Gasteiger partial charge in [-0.15, -0.1) is 11.3 Å². The molecule has 3 aromatic heterocycles. The van der Waals surface area contributed by atoms with Gasteiger partial charge in [-0.2, -0.15) is 9.78 Å². The maximum absolute atomic E-state index is 9.73. The summed E-state index contributed by atoms with van der Waals surface area (Å²) in [4.78, 5) is 7.35. The van der Waals surface area contributed by atoms with Crippen molar-refractivity contribution in [3.63, 3.8) is 0 Å². The third-order valence-electron chi connectivity index (χ3n) is 3.05. The molecule has 4 rings (SSSR count). The van der Waals surface area contributed by atoms with Crippen molar-refractivity contribution < 1.29 is 5.11 Å². The first kappa shape index (κ1) is 15.1. The van der Waals surface area contributed by atoms with Crippen LogP contribution in [0.25, 0.3) is 16.4 Å². The first-order chi connectivity index (χ1) is 11.2. The summed E-state index contributed by atoms with van der Waals surface area (Å²) in [7, 11) is 0. The van der Waals surface area contributed by atoms with E-state index in [1.54, 1.807) is 6.07 Å². The van der Waals surface area contributed by atoms with E-state index in [-0.39, 0.29) is 5.88 Å². The van der Waals surface area contributed by atoms with Gasteiger partial charge in [-0.25, -0.2) is 4.98 Å². The number of hydrogen-bond acceptors (Lipinski definition) is 4. The zero-order valence-electron chi connectivity index (χ0n) is 12.5. The van der Waals surface area contributed by atoms with Gasteiger partial charge >= 0.3 is 0 Å². The quantitative estimate of drug-likeness (QED) is 0.585. The third kappa shape index (κ3) is 3.67. The fourth-order valence-electron chi connectivity index (χ4n) is 2.01. The lowest BCUT2D eigenvalue weighted by Gasteiger charge is -1.97. The van der Waals surface area contributed by atoms with E-state index in [9.17, 15) is 5.11 Å². The molecule has 6 heteroatoms. The van der Waals surface area contributed by atoms with Crippen LogP contribution in [-0.2, 0) is 0 Å². The zero-order valence-corrected chi connectivity index (χ0v) is 13.4.